The van der Waals surface area contributed by atoms with E-state index in [1.165, 1.54) is 7.05 Å². The van der Waals surface area contributed by atoms with Gasteiger partial charge in [0, 0.05) is 20.0 Å². The molecule has 0 fully saturated rings. The van der Waals surface area contributed by atoms with E-state index < -0.39 is 16.0 Å². The van der Waals surface area contributed by atoms with Gasteiger partial charge in [-0.05, 0) is 20.3 Å². The Morgan fingerprint density at radius 1 is 1.44 bits per heavy atom. The first-order chi connectivity index (χ1) is 8.26. The zero-order valence-corrected chi connectivity index (χ0v) is 11.4. The number of aromatic nitrogens is 2. The number of carbonyl (C=O) groups is 1. The van der Waals surface area contributed by atoms with Crippen LogP contribution in [0.1, 0.15) is 24.2 Å². The number of hydrogen-bond donors (Lipinski definition) is 2. The van der Waals surface area contributed by atoms with Gasteiger partial charge in [-0.25, -0.2) is 12.7 Å². The molecule has 1 aromatic heterocycles. The highest BCUT2D eigenvalue weighted by molar-refractivity contribution is 7.89. The molecule has 0 aromatic carbocycles. The Kier molecular flexibility index (Phi) is 4.47. The summed E-state index contributed by atoms with van der Waals surface area (Å²) in [6.07, 6.45) is 0.226. The molecule has 0 aliphatic heterocycles. The molecule has 1 rings (SSSR count). The van der Waals surface area contributed by atoms with Crippen molar-refractivity contribution in [1.82, 2.24) is 14.5 Å². The standard InChI is InChI=1S/C10H17N3O4S/c1-7-10(8(2)12-11-7)18(16,17)13(3)6-4-5-9(14)15/h4-6H2,1-3H3,(H,11,12)(H,14,15). The number of nitrogens with one attached hydrogen (secondary N) is 1. The van der Waals surface area contributed by atoms with Gasteiger partial charge >= 0.3 is 5.97 Å². The maximum absolute atomic E-state index is 12.2. The van der Waals surface area contributed by atoms with Crippen LogP contribution in [0.3, 0.4) is 0 Å². The van der Waals surface area contributed by atoms with Crippen LogP contribution in [0.25, 0.3) is 0 Å². The summed E-state index contributed by atoms with van der Waals surface area (Å²) in [5.41, 5.74) is 0.898. The van der Waals surface area contributed by atoms with Gasteiger partial charge in [0.15, 0.2) is 0 Å². The van der Waals surface area contributed by atoms with Crippen LogP contribution >= 0.6 is 0 Å². The van der Waals surface area contributed by atoms with E-state index in [2.05, 4.69) is 10.2 Å². The fourth-order valence-corrected chi connectivity index (χ4v) is 3.18. The van der Waals surface area contributed by atoms with Gasteiger partial charge in [-0.1, -0.05) is 0 Å². The Bertz CT molecular complexity index is 516. The molecule has 0 amide bonds. The largest absolute Gasteiger partial charge is 0.481 e. The first kappa shape index (κ1) is 14.7. The summed E-state index contributed by atoms with van der Waals surface area (Å²) in [4.78, 5) is 10.6. The van der Waals surface area contributed by atoms with E-state index in [9.17, 15) is 13.2 Å². The van der Waals surface area contributed by atoms with Gasteiger partial charge in [-0.15, -0.1) is 0 Å². The first-order valence-electron chi connectivity index (χ1n) is 5.46. The molecular formula is C10H17N3O4S. The van der Waals surface area contributed by atoms with Crippen molar-refractivity contribution in [1.29, 1.82) is 0 Å². The van der Waals surface area contributed by atoms with Gasteiger partial charge in [0.25, 0.3) is 0 Å². The zero-order valence-electron chi connectivity index (χ0n) is 10.6. The zero-order chi connectivity index (χ0) is 13.9. The van der Waals surface area contributed by atoms with Crippen LogP contribution in [0.15, 0.2) is 4.90 Å². The molecule has 0 unspecified atom stereocenters. The summed E-state index contributed by atoms with van der Waals surface area (Å²) < 4.78 is 25.6. The van der Waals surface area contributed by atoms with Crippen molar-refractivity contribution in [3.05, 3.63) is 11.4 Å². The third-order valence-electron chi connectivity index (χ3n) is 2.59. The van der Waals surface area contributed by atoms with Gasteiger partial charge in [-0.3, -0.25) is 9.89 Å². The quantitative estimate of drug-likeness (QED) is 0.787. The molecule has 0 radical (unpaired) electrons. The number of carboxylic acid groups (broad SMARTS) is 1. The van der Waals surface area contributed by atoms with Crippen molar-refractivity contribution in [3.8, 4) is 0 Å². The highest BCUT2D eigenvalue weighted by Gasteiger charge is 2.26. The summed E-state index contributed by atoms with van der Waals surface area (Å²) in [5.74, 6) is -0.934. The van der Waals surface area contributed by atoms with Crippen LogP contribution in [0.2, 0.25) is 0 Å². The third-order valence-corrected chi connectivity index (χ3v) is 4.71. The van der Waals surface area contributed by atoms with Crippen LogP contribution in [-0.2, 0) is 14.8 Å². The van der Waals surface area contributed by atoms with Gasteiger partial charge < -0.3 is 5.11 Å². The molecule has 8 heteroatoms. The molecule has 0 bridgehead atoms. The maximum Gasteiger partial charge on any atom is 0.303 e. The molecule has 1 aromatic rings. The minimum Gasteiger partial charge on any atom is -0.481 e. The SMILES string of the molecule is Cc1n[nH]c(C)c1S(=O)(=O)N(C)CCCC(=O)O. The highest BCUT2D eigenvalue weighted by Crippen LogP contribution is 2.20. The minimum atomic E-state index is -3.61. The fraction of sp³-hybridized carbons (Fsp3) is 0.600. The molecule has 0 atom stereocenters. The molecule has 0 aliphatic rings. The van der Waals surface area contributed by atoms with Crippen molar-refractivity contribution in [2.75, 3.05) is 13.6 Å². The lowest BCUT2D eigenvalue weighted by Crippen LogP contribution is -2.29. The van der Waals surface area contributed by atoms with Gasteiger partial charge in [-0.2, -0.15) is 5.10 Å². The normalized spacial score (nSPS) is 12.0. The van der Waals surface area contributed by atoms with Crippen molar-refractivity contribution in [2.24, 2.45) is 0 Å². The number of hydrogen-bond acceptors (Lipinski definition) is 4. The van der Waals surface area contributed by atoms with E-state index in [0.717, 1.165) is 4.31 Å². The van der Waals surface area contributed by atoms with Crippen LogP contribution < -0.4 is 0 Å². The van der Waals surface area contributed by atoms with Crippen molar-refractivity contribution >= 4 is 16.0 Å². The fourth-order valence-electron chi connectivity index (χ4n) is 1.65. The summed E-state index contributed by atoms with van der Waals surface area (Å²) in [6.45, 7) is 3.41. The summed E-state index contributed by atoms with van der Waals surface area (Å²) in [5, 5.41) is 15.0. The van der Waals surface area contributed by atoms with Gasteiger partial charge in [0.05, 0.1) is 11.4 Å². The van der Waals surface area contributed by atoms with Crippen LogP contribution in [0.5, 0.6) is 0 Å². The van der Waals surface area contributed by atoms with Crippen molar-refractivity contribution in [2.45, 2.75) is 31.6 Å². The number of H-pyrrole nitrogens is 1. The first-order valence-corrected chi connectivity index (χ1v) is 6.90. The van der Waals surface area contributed by atoms with Gasteiger partial charge in [0.2, 0.25) is 10.0 Å². The Balaban J connectivity index is 2.84. The van der Waals surface area contributed by atoms with E-state index in [-0.39, 0.29) is 24.3 Å². The minimum absolute atomic E-state index is 0.0524. The maximum atomic E-state index is 12.2. The molecule has 0 spiro atoms. The van der Waals surface area contributed by atoms with Crippen molar-refractivity contribution in [3.63, 3.8) is 0 Å². The molecule has 2 N–H and O–H groups in total. The molecule has 18 heavy (non-hydrogen) atoms. The molecular weight excluding hydrogens is 258 g/mol. The predicted molar refractivity (Wildman–Crippen MR) is 64.7 cm³/mol. The monoisotopic (exact) mass is 275 g/mol. The number of rotatable bonds is 6. The average molecular weight is 275 g/mol. The lowest BCUT2D eigenvalue weighted by atomic mass is 10.3. The summed E-state index contributed by atoms with van der Waals surface area (Å²) in [7, 11) is -2.17. The second-order valence-electron chi connectivity index (χ2n) is 4.09. The second kappa shape index (κ2) is 5.49. The van der Waals surface area contributed by atoms with E-state index in [4.69, 9.17) is 5.11 Å². The number of aryl methyl sites for hydroxylation is 2. The lowest BCUT2D eigenvalue weighted by Gasteiger charge is -2.16. The number of sulfonamides is 1. The summed E-state index contributed by atoms with van der Waals surface area (Å²) >= 11 is 0. The molecule has 0 saturated carbocycles. The summed E-state index contributed by atoms with van der Waals surface area (Å²) in [6, 6.07) is 0. The molecule has 102 valence electrons. The van der Waals surface area contributed by atoms with Crippen LogP contribution in [-0.4, -0.2) is 47.6 Å². The molecule has 0 aliphatic carbocycles. The molecule has 1 heterocycles. The Hall–Kier alpha value is -1.41. The molecule has 7 nitrogen and oxygen atoms in total. The van der Waals surface area contributed by atoms with Crippen molar-refractivity contribution < 1.29 is 18.3 Å². The van der Waals surface area contributed by atoms with Crippen LogP contribution in [0, 0.1) is 13.8 Å². The predicted octanol–water partition coefficient (Wildman–Crippen LogP) is 0.512. The van der Waals surface area contributed by atoms with E-state index in [1.807, 2.05) is 0 Å². The molecule has 0 saturated heterocycles. The smallest absolute Gasteiger partial charge is 0.303 e. The van der Waals surface area contributed by atoms with E-state index in [0.29, 0.717) is 11.4 Å². The lowest BCUT2D eigenvalue weighted by molar-refractivity contribution is -0.137. The third kappa shape index (κ3) is 3.08. The number of aliphatic carboxylic acids is 1. The number of carboxylic acids is 1. The van der Waals surface area contributed by atoms with Crippen LogP contribution in [0.4, 0.5) is 0 Å². The second-order valence-corrected chi connectivity index (χ2v) is 6.07. The Labute approximate surface area is 106 Å². The Morgan fingerprint density at radius 2 is 2.06 bits per heavy atom. The topological polar surface area (TPSA) is 103 Å². The Morgan fingerprint density at radius 3 is 2.50 bits per heavy atom. The van der Waals surface area contributed by atoms with Gasteiger partial charge in [0.1, 0.15) is 4.90 Å². The van der Waals surface area contributed by atoms with E-state index in [1.54, 1.807) is 13.8 Å². The highest BCUT2D eigenvalue weighted by atomic mass is 32.2. The van der Waals surface area contributed by atoms with E-state index >= 15 is 0 Å². The average Bonchev–Trinajstić information content (AvgIpc) is 2.58. The number of aromatic amines is 1. The number of nitrogens with zero attached hydrogens (tertiary/aromatic N) is 2.